The van der Waals surface area contributed by atoms with E-state index in [1.807, 2.05) is 54.6 Å². The monoisotopic (exact) mass is 369 g/mol. The normalized spacial score (nSPS) is 18.2. The summed E-state index contributed by atoms with van der Waals surface area (Å²) in [5.41, 5.74) is 0.777. The van der Waals surface area contributed by atoms with Gasteiger partial charge in [-0.25, -0.2) is 0 Å². The largest absolute Gasteiger partial charge is 0.481 e. The van der Waals surface area contributed by atoms with Crippen molar-refractivity contribution in [1.29, 1.82) is 0 Å². The molecule has 7 nitrogen and oxygen atoms in total. The molecule has 26 heavy (non-hydrogen) atoms. The third-order valence-corrected chi connectivity index (χ3v) is 4.40. The zero-order chi connectivity index (χ0) is 18.4. The number of para-hydroxylation sites is 1. The molecule has 3 rings (SSSR count). The van der Waals surface area contributed by atoms with Crippen molar-refractivity contribution in [1.82, 2.24) is 5.32 Å². The number of carboxylic acids is 1. The topological polar surface area (TPSA) is 100 Å². The van der Waals surface area contributed by atoms with Crippen LogP contribution in [0.4, 0.5) is 0 Å². The average molecular weight is 369 g/mol. The van der Waals surface area contributed by atoms with Crippen molar-refractivity contribution in [3.05, 3.63) is 60.2 Å². The van der Waals surface area contributed by atoms with Crippen LogP contribution in [0.15, 0.2) is 64.8 Å². The summed E-state index contributed by atoms with van der Waals surface area (Å²) in [6, 6.07) is 16.7. The van der Waals surface area contributed by atoms with Crippen molar-refractivity contribution in [2.75, 3.05) is 0 Å². The van der Waals surface area contributed by atoms with Gasteiger partial charge in [0.15, 0.2) is 5.17 Å². The SMILES string of the molecule is O=C(O)CC1SC(=NN=Cc2cccc(Oc3ccccc3)c2)NC1=O. The van der Waals surface area contributed by atoms with Crippen molar-refractivity contribution >= 4 is 35.0 Å². The lowest BCUT2D eigenvalue weighted by atomic mass is 10.2. The van der Waals surface area contributed by atoms with Crippen LogP contribution >= 0.6 is 11.8 Å². The maximum atomic E-state index is 11.6. The number of nitrogens with zero attached hydrogens (tertiary/aromatic N) is 2. The lowest BCUT2D eigenvalue weighted by Crippen LogP contribution is -2.26. The Morgan fingerprint density at radius 3 is 2.73 bits per heavy atom. The third-order valence-electron chi connectivity index (χ3n) is 3.33. The highest BCUT2D eigenvalue weighted by atomic mass is 32.2. The van der Waals surface area contributed by atoms with Crippen LogP contribution in [0, 0.1) is 0 Å². The van der Waals surface area contributed by atoms with E-state index in [1.54, 1.807) is 0 Å². The molecule has 132 valence electrons. The van der Waals surface area contributed by atoms with Crippen LogP contribution in [0.1, 0.15) is 12.0 Å². The fourth-order valence-electron chi connectivity index (χ4n) is 2.18. The van der Waals surface area contributed by atoms with Crippen molar-refractivity contribution in [3.63, 3.8) is 0 Å². The minimum atomic E-state index is -1.03. The molecular weight excluding hydrogens is 354 g/mol. The molecule has 0 aromatic heterocycles. The van der Waals surface area contributed by atoms with E-state index in [2.05, 4.69) is 15.5 Å². The van der Waals surface area contributed by atoms with Crippen LogP contribution in [0.5, 0.6) is 11.5 Å². The van der Waals surface area contributed by atoms with E-state index in [-0.39, 0.29) is 17.5 Å². The van der Waals surface area contributed by atoms with Gasteiger partial charge in [0, 0.05) is 0 Å². The van der Waals surface area contributed by atoms with E-state index in [0.717, 1.165) is 23.1 Å². The fraction of sp³-hybridized carbons (Fsp3) is 0.111. The molecule has 1 aliphatic heterocycles. The van der Waals surface area contributed by atoms with Crippen molar-refractivity contribution in [2.45, 2.75) is 11.7 Å². The lowest BCUT2D eigenvalue weighted by molar-refractivity contribution is -0.138. The van der Waals surface area contributed by atoms with E-state index in [9.17, 15) is 9.59 Å². The summed E-state index contributed by atoms with van der Waals surface area (Å²) in [5, 5.41) is 18.7. The van der Waals surface area contributed by atoms with Crippen molar-refractivity contribution < 1.29 is 19.4 Å². The van der Waals surface area contributed by atoms with Gasteiger partial charge in [-0.3, -0.25) is 9.59 Å². The molecule has 1 saturated heterocycles. The lowest BCUT2D eigenvalue weighted by Gasteiger charge is -2.05. The molecular formula is C18H15N3O4S. The molecule has 0 radical (unpaired) electrons. The third kappa shape index (κ3) is 4.93. The summed E-state index contributed by atoms with van der Waals surface area (Å²) in [5.74, 6) is -0.00326. The Morgan fingerprint density at radius 2 is 1.96 bits per heavy atom. The summed E-state index contributed by atoms with van der Waals surface area (Å²) < 4.78 is 5.75. The standard InChI is InChI=1S/C18H15N3O4S/c22-16(23)10-15-17(24)20-18(26-15)21-19-11-12-5-4-8-14(9-12)25-13-6-2-1-3-7-13/h1-9,11,15H,10H2,(H,22,23)(H,20,21,24). The van der Waals surface area contributed by atoms with Gasteiger partial charge in [-0.1, -0.05) is 42.1 Å². The molecule has 0 spiro atoms. The molecule has 0 bridgehead atoms. The highest BCUT2D eigenvalue weighted by Gasteiger charge is 2.32. The number of nitrogens with one attached hydrogen (secondary N) is 1. The predicted octanol–water partition coefficient (Wildman–Crippen LogP) is 2.88. The number of aliphatic carboxylic acids is 1. The molecule has 2 aromatic rings. The first-order chi connectivity index (χ1) is 12.6. The summed E-state index contributed by atoms with van der Waals surface area (Å²) >= 11 is 1.06. The molecule has 1 aliphatic rings. The highest BCUT2D eigenvalue weighted by molar-refractivity contribution is 8.15. The number of amides is 1. The van der Waals surface area contributed by atoms with E-state index in [0.29, 0.717) is 5.75 Å². The van der Waals surface area contributed by atoms with Crippen LogP contribution in [0.25, 0.3) is 0 Å². The number of benzene rings is 2. The van der Waals surface area contributed by atoms with Crippen LogP contribution in [0.3, 0.4) is 0 Å². The van der Waals surface area contributed by atoms with Gasteiger partial charge in [-0.15, -0.1) is 5.10 Å². The molecule has 1 atom stereocenters. The maximum absolute atomic E-state index is 11.6. The number of carbonyl (C=O) groups is 2. The Bertz CT molecular complexity index is 868. The number of rotatable bonds is 6. The van der Waals surface area contributed by atoms with Gasteiger partial charge < -0.3 is 15.2 Å². The Morgan fingerprint density at radius 1 is 1.19 bits per heavy atom. The predicted molar refractivity (Wildman–Crippen MR) is 99.8 cm³/mol. The molecule has 0 saturated carbocycles. The fourth-order valence-corrected chi connectivity index (χ4v) is 3.09. The number of amidine groups is 1. The van der Waals surface area contributed by atoms with Crippen molar-refractivity contribution in [2.24, 2.45) is 10.2 Å². The van der Waals surface area contributed by atoms with Gasteiger partial charge >= 0.3 is 5.97 Å². The Labute approximate surface area is 153 Å². The first-order valence-electron chi connectivity index (χ1n) is 7.73. The van der Waals surface area contributed by atoms with Gasteiger partial charge in [0.2, 0.25) is 5.91 Å². The molecule has 1 heterocycles. The summed E-state index contributed by atoms with van der Waals surface area (Å²) in [7, 11) is 0. The summed E-state index contributed by atoms with van der Waals surface area (Å²) in [6.07, 6.45) is 1.28. The Balaban J connectivity index is 1.63. The summed E-state index contributed by atoms with van der Waals surface area (Å²) in [4.78, 5) is 22.3. The van der Waals surface area contributed by atoms with E-state index < -0.39 is 11.2 Å². The molecule has 1 amide bonds. The van der Waals surface area contributed by atoms with Crippen LogP contribution < -0.4 is 10.1 Å². The van der Waals surface area contributed by atoms with Gasteiger partial charge in [-0.05, 0) is 29.8 Å². The number of hydrogen-bond acceptors (Lipinski definition) is 6. The Kier molecular flexibility index (Phi) is 5.65. The number of carbonyl (C=O) groups excluding carboxylic acids is 1. The minimum absolute atomic E-state index is 0.252. The molecule has 0 aliphatic carbocycles. The second kappa shape index (κ2) is 8.30. The highest BCUT2D eigenvalue weighted by Crippen LogP contribution is 2.23. The smallest absolute Gasteiger partial charge is 0.305 e. The number of carboxylic acid groups (broad SMARTS) is 1. The minimum Gasteiger partial charge on any atom is -0.481 e. The summed E-state index contributed by atoms with van der Waals surface area (Å²) in [6.45, 7) is 0. The first kappa shape index (κ1) is 17.7. The molecule has 1 fully saturated rings. The number of thioether (sulfide) groups is 1. The van der Waals surface area contributed by atoms with Gasteiger partial charge in [-0.2, -0.15) is 5.10 Å². The van der Waals surface area contributed by atoms with E-state index in [4.69, 9.17) is 9.84 Å². The van der Waals surface area contributed by atoms with Gasteiger partial charge in [0.1, 0.15) is 16.7 Å². The van der Waals surface area contributed by atoms with Crippen LogP contribution in [-0.2, 0) is 9.59 Å². The average Bonchev–Trinajstić information content (AvgIpc) is 2.95. The quantitative estimate of drug-likeness (QED) is 0.602. The second-order valence-corrected chi connectivity index (χ2v) is 6.52. The van der Waals surface area contributed by atoms with E-state index in [1.165, 1.54) is 6.21 Å². The molecule has 8 heteroatoms. The van der Waals surface area contributed by atoms with Gasteiger partial charge in [0.25, 0.3) is 0 Å². The molecule has 2 N–H and O–H groups in total. The van der Waals surface area contributed by atoms with Gasteiger partial charge in [0.05, 0.1) is 12.6 Å². The number of ether oxygens (including phenoxy) is 1. The number of hydrogen-bond donors (Lipinski definition) is 2. The second-order valence-electron chi connectivity index (χ2n) is 5.33. The molecule has 1 unspecified atom stereocenters. The van der Waals surface area contributed by atoms with Crippen molar-refractivity contribution in [3.8, 4) is 11.5 Å². The maximum Gasteiger partial charge on any atom is 0.305 e. The first-order valence-corrected chi connectivity index (χ1v) is 8.61. The van der Waals surface area contributed by atoms with Crippen LogP contribution in [-0.4, -0.2) is 33.6 Å². The molecule has 2 aromatic carbocycles. The Hall–Kier alpha value is -3.13. The van der Waals surface area contributed by atoms with Crippen LogP contribution in [0.2, 0.25) is 0 Å². The zero-order valence-corrected chi connectivity index (χ0v) is 14.3. The van der Waals surface area contributed by atoms with E-state index >= 15 is 0 Å². The zero-order valence-electron chi connectivity index (χ0n) is 13.5.